The van der Waals surface area contributed by atoms with Gasteiger partial charge in [0.2, 0.25) is 5.91 Å². The fourth-order valence-electron chi connectivity index (χ4n) is 5.85. The first-order valence-electron chi connectivity index (χ1n) is 11.1. The summed E-state index contributed by atoms with van der Waals surface area (Å²) in [6, 6.07) is 15.0. The maximum Gasteiger partial charge on any atom is 0.241 e. The number of fused-ring (bicyclic) bond motifs is 4. The van der Waals surface area contributed by atoms with Crippen molar-refractivity contribution in [3.63, 3.8) is 0 Å². The second-order valence-electron chi connectivity index (χ2n) is 9.00. The molecular weight excluding hydrogens is 454 g/mol. The van der Waals surface area contributed by atoms with Crippen molar-refractivity contribution in [1.82, 2.24) is 14.8 Å². The molecule has 31 heavy (non-hydrogen) atoms. The highest BCUT2D eigenvalue weighted by molar-refractivity contribution is 9.10. The first-order chi connectivity index (χ1) is 15.1. The van der Waals surface area contributed by atoms with E-state index in [1.165, 1.54) is 35.0 Å². The van der Waals surface area contributed by atoms with Crippen LogP contribution in [0.4, 0.5) is 0 Å². The number of halogens is 1. The summed E-state index contributed by atoms with van der Waals surface area (Å²) in [6.07, 6.45) is 5.51. The topological polar surface area (TPSA) is 48.6 Å². The lowest BCUT2D eigenvalue weighted by Crippen LogP contribution is -2.42. The third kappa shape index (κ3) is 3.03. The second-order valence-corrected chi connectivity index (χ2v) is 9.92. The van der Waals surface area contributed by atoms with Crippen molar-refractivity contribution >= 4 is 32.7 Å². The standard InChI is InChI=1S/C25H26BrN3O2/c1-31-18-9-6-15(7-10-18)24-23-20(19-12-16(26)8-11-21(19)27-23)13-22-25(30)28(14-29(22)24)17-4-2-3-5-17/h6-12,17,22,24,27H,2-5,13-14H2,1H3. The first kappa shape index (κ1) is 19.4. The Morgan fingerprint density at radius 2 is 1.87 bits per heavy atom. The number of methoxy groups -OCH3 is 1. The number of hydrogen-bond donors (Lipinski definition) is 1. The van der Waals surface area contributed by atoms with Crippen LogP contribution in [-0.4, -0.2) is 46.6 Å². The summed E-state index contributed by atoms with van der Waals surface area (Å²) in [4.78, 5) is 21.9. The van der Waals surface area contributed by atoms with E-state index < -0.39 is 0 Å². The van der Waals surface area contributed by atoms with E-state index in [1.54, 1.807) is 7.11 Å². The first-order valence-corrected chi connectivity index (χ1v) is 11.9. The molecule has 2 aliphatic heterocycles. The maximum absolute atomic E-state index is 13.6. The van der Waals surface area contributed by atoms with Crippen LogP contribution >= 0.6 is 15.9 Å². The summed E-state index contributed by atoms with van der Waals surface area (Å²) in [6.45, 7) is 0.712. The minimum absolute atomic E-state index is 0.0289. The summed E-state index contributed by atoms with van der Waals surface area (Å²) < 4.78 is 6.45. The number of nitrogens with zero attached hydrogens (tertiary/aromatic N) is 2. The van der Waals surface area contributed by atoms with Crippen LogP contribution in [0, 0.1) is 0 Å². The van der Waals surface area contributed by atoms with E-state index in [1.807, 2.05) is 12.1 Å². The molecule has 1 aromatic heterocycles. The number of amides is 1. The molecule has 6 heteroatoms. The summed E-state index contributed by atoms with van der Waals surface area (Å²) in [5, 5.41) is 1.22. The van der Waals surface area contributed by atoms with Crippen molar-refractivity contribution in [2.75, 3.05) is 13.8 Å². The average Bonchev–Trinajstić information content (AvgIpc) is 3.51. The number of aromatic amines is 1. The van der Waals surface area contributed by atoms with E-state index in [0.29, 0.717) is 18.6 Å². The molecule has 5 nitrogen and oxygen atoms in total. The SMILES string of the molecule is COc1ccc(C2c3[nH]c4ccc(Br)cc4c3CC3C(=O)N(C4CCCC4)CN32)cc1. The van der Waals surface area contributed by atoms with Gasteiger partial charge in [0.25, 0.3) is 0 Å². The lowest BCUT2D eigenvalue weighted by Gasteiger charge is -2.36. The molecule has 160 valence electrons. The van der Waals surface area contributed by atoms with Crippen LogP contribution in [0.5, 0.6) is 5.75 Å². The molecule has 6 rings (SSSR count). The molecule has 3 aliphatic rings. The normalized spacial score (nSPS) is 24.1. The highest BCUT2D eigenvalue weighted by atomic mass is 79.9. The molecule has 3 aromatic rings. The fourth-order valence-corrected chi connectivity index (χ4v) is 6.21. The number of carbonyl (C=O) groups excluding carboxylic acids is 1. The van der Waals surface area contributed by atoms with Crippen LogP contribution in [0.1, 0.15) is 48.5 Å². The number of benzene rings is 2. The van der Waals surface area contributed by atoms with E-state index >= 15 is 0 Å². The predicted octanol–water partition coefficient (Wildman–Crippen LogP) is 5.00. The van der Waals surface area contributed by atoms with Crippen molar-refractivity contribution < 1.29 is 9.53 Å². The third-order valence-corrected chi connectivity index (χ3v) is 7.88. The fraction of sp³-hybridized carbons (Fsp3) is 0.400. The van der Waals surface area contributed by atoms with Crippen LogP contribution in [0.3, 0.4) is 0 Å². The van der Waals surface area contributed by atoms with Gasteiger partial charge >= 0.3 is 0 Å². The zero-order valence-electron chi connectivity index (χ0n) is 17.6. The molecule has 2 atom stereocenters. The number of ether oxygens (including phenoxy) is 1. The summed E-state index contributed by atoms with van der Waals surface area (Å²) in [5.74, 6) is 1.15. The van der Waals surface area contributed by atoms with E-state index in [4.69, 9.17) is 4.74 Å². The molecular formula is C25H26BrN3O2. The van der Waals surface area contributed by atoms with Gasteiger partial charge in [0.1, 0.15) is 5.75 Å². The van der Waals surface area contributed by atoms with Crippen LogP contribution in [0.2, 0.25) is 0 Å². The Kier molecular flexibility index (Phi) is 4.62. The van der Waals surface area contributed by atoms with Gasteiger partial charge in [-0.05, 0) is 60.7 Å². The van der Waals surface area contributed by atoms with Gasteiger partial charge in [-0.1, -0.05) is 40.9 Å². The van der Waals surface area contributed by atoms with E-state index in [9.17, 15) is 4.79 Å². The summed E-state index contributed by atoms with van der Waals surface area (Å²) >= 11 is 3.63. The van der Waals surface area contributed by atoms with Crippen LogP contribution in [0.15, 0.2) is 46.9 Å². The summed E-state index contributed by atoms with van der Waals surface area (Å²) in [7, 11) is 1.69. The molecule has 3 heterocycles. The Morgan fingerprint density at radius 3 is 2.61 bits per heavy atom. The lowest BCUT2D eigenvalue weighted by molar-refractivity contribution is -0.131. The van der Waals surface area contributed by atoms with Crippen LogP contribution in [0.25, 0.3) is 10.9 Å². The maximum atomic E-state index is 13.6. The van der Waals surface area contributed by atoms with E-state index in [0.717, 1.165) is 35.0 Å². The molecule has 1 saturated carbocycles. The van der Waals surface area contributed by atoms with Gasteiger partial charge in [0.05, 0.1) is 25.9 Å². The molecule has 2 fully saturated rings. The number of nitrogens with one attached hydrogen (secondary N) is 1. The molecule has 2 aromatic carbocycles. The smallest absolute Gasteiger partial charge is 0.241 e. The van der Waals surface area contributed by atoms with Crippen molar-refractivity contribution in [2.45, 2.75) is 50.2 Å². The van der Waals surface area contributed by atoms with Gasteiger partial charge in [-0.15, -0.1) is 0 Å². The van der Waals surface area contributed by atoms with E-state index in [2.05, 4.69) is 61.0 Å². The van der Waals surface area contributed by atoms with Crippen molar-refractivity contribution in [3.8, 4) is 5.75 Å². The van der Waals surface area contributed by atoms with Crippen molar-refractivity contribution in [3.05, 3.63) is 63.8 Å². The Labute approximate surface area is 190 Å². The molecule has 2 unspecified atom stereocenters. The molecule has 1 N–H and O–H groups in total. The number of carbonyl (C=O) groups is 1. The Balaban J connectivity index is 1.48. The van der Waals surface area contributed by atoms with Crippen molar-refractivity contribution in [2.24, 2.45) is 0 Å². The molecule has 1 saturated heterocycles. The Morgan fingerprint density at radius 1 is 1.10 bits per heavy atom. The third-order valence-electron chi connectivity index (χ3n) is 7.38. The quantitative estimate of drug-likeness (QED) is 0.574. The largest absolute Gasteiger partial charge is 0.497 e. The molecule has 0 radical (unpaired) electrons. The van der Waals surface area contributed by atoms with Crippen LogP contribution in [-0.2, 0) is 11.2 Å². The lowest BCUT2D eigenvalue weighted by atomic mass is 9.89. The van der Waals surface area contributed by atoms with Gasteiger partial charge in [-0.2, -0.15) is 0 Å². The van der Waals surface area contributed by atoms with E-state index in [-0.39, 0.29) is 12.1 Å². The molecule has 0 bridgehead atoms. The molecule has 1 aliphatic carbocycles. The number of hydrogen-bond acceptors (Lipinski definition) is 3. The van der Waals surface area contributed by atoms with Crippen LogP contribution < -0.4 is 4.74 Å². The molecule has 0 spiro atoms. The minimum atomic E-state index is -0.0989. The van der Waals surface area contributed by atoms with Crippen molar-refractivity contribution in [1.29, 1.82) is 0 Å². The Bertz CT molecular complexity index is 1150. The van der Waals surface area contributed by atoms with Gasteiger partial charge in [0, 0.05) is 27.1 Å². The monoisotopic (exact) mass is 479 g/mol. The van der Waals surface area contributed by atoms with Gasteiger partial charge in [-0.25, -0.2) is 0 Å². The zero-order chi connectivity index (χ0) is 21.1. The minimum Gasteiger partial charge on any atom is -0.497 e. The Hall–Kier alpha value is -2.31. The number of rotatable bonds is 3. The van der Waals surface area contributed by atoms with Gasteiger partial charge < -0.3 is 14.6 Å². The highest BCUT2D eigenvalue weighted by Gasteiger charge is 2.49. The zero-order valence-corrected chi connectivity index (χ0v) is 19.2. The predicted molar refractivity (Wildman–Crippen MR) is 124 cm³/mol. The molecule has 1 amide bonds. The van der Waals surface area contributed by atoms with Gasteiger partial charge in [0.15, 0.2) is 0 Å². The average molecular weight is 480 g/mol. The second kappa shape index (κ2) is 7.38. The number of aromatic nitrogens is 1. The van der Waals surface area contributed by atoms with Gasteiger partial charge in [-0.3, -0.25) is 9.69 Å². The highest BCUT2D eigenvalue weighted by Crippen LogP contribution is 2.45. The summed E-state index contributed by atoms with van der Waals surface area (Å²) in [5.41, 5.74) is 4.82. The number of H-pyrrole nitrogens is 1.